The topological polar surface area (TPSA) is 95.9 Å². The highest BCUT2D eigenvalue weighted by molar-refractivity contribution is 5.76. The van der Waals surface area contributed by atoms with E-state index in [1.54, 1.807) is 6.08 Å². The summed E-state index contributed by atoms with van der Waals surface area (Å²) in [5.41, 5.74) is 0. The van der Waals surface area contributed by atoms with Gasteiger partial charge in [-0.1, -0.05) is 178 Å². The predicted molar refractivity (Wildman–Crippen MR) is 241 cm³/mol. The number of unbranched alkanes of at least 4 members (excludes halogenated alkanes) is 26. The minimum atomic E-state index is -0.861. The number of nitrogens with one attached hydrogen (secondary N) is 1. The van der Waals surface area contributed by atoms with Gasteiger partial charge in [0.2, 0.25) is 5.91 Å². The quantitative estimate of drug-likeness (QED) is 0.0325. The molecule has 0 aliphatic heterocycles. The van der Waals surface area contributed by atoms with Crippen LogP contribution in [0.3, 0.4) is 0 Å². The Kier molecular flexibility index (Phi) is 43.7. The molecule has 56 heavy (non-hydrogen) atoms. The first-order chi connectivity index (χ1) is 27.5. The number of hydrogen-bond acceptors (Lipinski definition) is 5. The fraction of sp³-hybridized carbons (Fsp3) is 0.800. The Labute approximate surface area is 346 Å². The van der Waals surface area contributed by atoms with Gasteiger partial charge in [-0.05, 0) is 89.9 Å². The molecular weight excluding hydrogens is 695 g/mol. The molecule has 0 aromatic carbocycles. The first-order valence-corrected chi connectivity index (χ1v) is 23.9. The Morgan fingerprint density at radius 1 is 0.500 bits per heavy atom. The van der Waals surface area contributed by atoms with Crippen LogP contribution in [0.15, 0.2) is 48.6 Å². The van der Waals surface area contributed by atoms with Crippen molar-refractivity contribution in [3.8, 4) is 0 Å². The van der Waals surface area contributed by atoms with Crippen LogP contribution in [0.25, 0.3) is 0 Å². The lowest BCUT2D eigenvalue weighted by atomic mass is 10.1. The van der Waals surface area contributed by atoms with E-state index in [-0.39, 0.29) is 18.5 Å². The molecule has 0 aromatic heterocycles. The van der Waals surface area contributed by atoms with Crippen LogP contribution in [-0.2, 0) is 14.3 Å². The van der Waals surface area contributed by atoms with Gasteiger partial charge in [0, 0.05) is 12.8 Å². The highest BCUT2D eigenvalue weighted by atomic mass is 16.5. The Morgan fingerprint density at radius 2 is 0.893 bits per heavy atom. The molecule has 2 unspecified atom stereocenters. The smallest absolute Gasteiger partial charge is 0.305 e. The monoisotopic (exact) mass is 786 g/mol. The van der Waals surface area contributed by atoms with E-state index in [0.29, 0.717) is 19.4 Å². The summed E-state index contributed by atoms with van der Waals surface area (Å²) in [6.45, 7) is 4.79. The molecule has 326 valence electrons. The summed E-state index contributed by atoms with van der Waals surface area (Å²) < 4.78 is 5.44. The third-order valence-electron chi connectivity index (χ3n) is 10.6. The maximum Gasteiger partial charge on any atom is 0.305 e. The number of esters is 1. The second-order valence-corrected chi connectivity index (χ2v) is 16.1. The number of amides is 1. The van der Waals surface area contributed by atoms with Gasteiger partial charge in [0.25, 0.3) is 0 Å². The molecule has 0 bridgehead atoms. The van der Waals surface area contributed by atoms with Crippen LogP contribution in [-0.4, -0.2) is 47.4 Å². The van der Waals surface area contributed by atoms with Crippen LogP contribution in [0.2, 0.25) is 0 Å². The molecule has 2 atom stereocenters. The molecule has 1 amide bonds. The van der Waals surface area contributed by atoms with Crippen molar-refractivity contribution in [3.05, 3.63) is 48.6 Å². The number of aliphatic hydroxyl groups is 2. The molecule has 6 heteroatoms. The van der Waals surface area contributed by atoms with E-state index >= 15 is 0 Å². The maximum atomic E-state index is 12.3. The Bertz CT molecular complexity index is 957. The van der Waals surface area contributed by atoms with Gasteiger partial charge in [-0.25, -0.2) is 0 Å². The molecule has 0 rings (SSSR count). The van der Waals surface area contributed by atoms with Crippen molar-refractivity contribution in [2.75, 3.05) is 13.2 Å². The van der Waals surface area contributed by atoms with Crippen LogP contribution in [0.5, 0.6) is 0 Å². The Morgan fingerprint density at radius 3 is 1.41 bits per heavy atom. The second kappa shape index (κ2) is 45.5. The third kappa shape index (κ3) is 41.5. The van der Waals surface area contributed by atoms with E-state index in [9.17, 15) is 19.8 Å². The highest BCUT2D eigenvalue weighted by Crippen LogP contribution is 2.13. The van der Waals surface area contributed by atoms with Gasteiger partial charge in [-0.15, -0.1) is 0 Å². The molecule has 0 aliphatic carbocycles. The minimum absolute atomic E-state index is 0.0290. The van der Waals surface area contributed by atoms with Crippen LogP contribution in [0.1, 0.15) is 232 Å². The fourth-order valence-electron chi connectivity index (χ4n) is 6.83. The van der Waals surface area contributed by atoms with Gasteiger partial charge in [0.05, 0.1) is 25.4 Å². The molecule has 0 saturated heterocycles. The van der Waals surface area contributed by atoms with Crippen molar-refractivity contribution in [3.63, 3.8) is 0 Å². The van der Waals surface area contributed by atoms with Crippen molar-refractivity contribution in [1.29, 1.82) is 0 Å². The minimum Gasteiger partial charge on any atom is -0.466 e. The van der Waals surface area contributed by atoms with Crippen molar-refractivity contribution in [1.82, 2.24) is 5.32 Å². The number of ether oxygens (including phenoxy) is 1. The van der Waals surface area contributed by atoms with Crippen LogP contribution in [0, 0.1) is 0 Å². The van der Waals surface area contributed by atoms with Crippen LogP contribution < -0.4 is 5.32 Å². The number of rotatable bonds is 43. The van der Waals surface area contributed by atoms with E-state index in [0.717, 1.165) is 83.5 Å². The summed E-state index contributed by atoms with van der Waals surface area (Å²) in [7, 11) is 0. The van der Waals surface area contributed by atoms with E-state index in [4.69, 9.17) is 4.74 Å². The second-order valence-electron chi connectivity index (χ2n) is 16.1. The van der Waals surface area contributed by atoms with Crippen molar-refractivity contribution in [2.24, 2.45) is 0 Å². The summed E-state index contributed by atoms with van der Waals surface area (Å²) in [6.07, 6.45) is 55.3. The fourth-order valence-corrected chi connectivity index (χ4v) is 6.83. The largest absolute Gasteiger partial charge is 0.466 e. The number of aliphatic hydroxyl groups excluding tert-OH is 2. The summed E-state index contributed by atoms with van der Waals surface area (Å²) in [5, 5.41) is 22.9. The predicted octanol–water partition coefficient (Wildman–Crippen LogP) is 13.9. The lowest BCUT2D eigenvalue weighted by molar-refractivity contribution is -0.143. The van der Waals surface area contributed by atoms with E-state index in [2.05, 4.69) is 55.6 Å². The third-order valence-corrected chi connectivity index (χ3v) is 10.6. The van der Waals surface area contributed by atoms with Gasteiger partial charge >= 0.3 is 5.97 Å². The molecular formula is C50H91NO5. The van der Waals surface area contributed by atoms with Crippen molar-refractivity contribution < 1.29 is 24.5 Å². The standard InChI is InChI=1S/C50H91NO5/c1-3-5-7-9-11-13-15-16-17-18-21-24-28-32-36-40-44-50(55)56-45-41-37-33-29-25-22-19-20-23-27-31-35-39-43-49(54)51-47(46-52)48(53)42-38-34-30-26-14-12-10-8-6-4-2/h13,15,17-18,20,23,38,42,47-48,52-53H,3-12,14,16,19,21-22,24-37,39-41,43-46H2,1-2H3,(H,51,54)/b15-13-,18-17-,23-20-,42-38+. The zero-order chi connectivity index (χ0) is 40.8. The van der Waals surface area contributed by atoms with Crippen LogP contribution in [0.4, 0.5) is 0 Å². The molecule has 0 radical (unpaired) electrons. The van der Waals surface area contributed by atoms with Gasteiger partial charge in [-0.3, -0.25) is 9.59 Å². The van der Waals surface area contributed by atoms with E-state index < -0.39 is 12.1 Å². The summed E-state index contributed by atoms with van der Waals surface area (Å²) >= 11 is 0. The molecule has 0 heterocycles. The zero-order valence-electron chi connectivity index (χ0n) is 36.8. The molecule has 6 nitrogen and oxygen atoms in total. The lowest BCUT2D eigenvalue weighted by Gasteiger charge is -2.19. The zero-order valence-corrected chi connectivity index (χ0v) is 36.8. The lowest BCUT2D eigenvalue weighted by Crippen LogP contribution is -2.45. The highest BCUT2D eigenvalue weighted by Gasteiger charge is 2.18. The van der Waals surface area contributed by atoms with E-state index in [1.807, 2.05) is 6.08 Å². The number of carbonyl (C=O) groups is 2. The first-order valence-electron chi connectivity index (χ1n) is 23.9. The van der Waals surface area contributed by atoms with Gasteiger partial charge in [0.15, 0.2) is 0 Å². The molecule has 0 fully saturated rings. The first kappa shape index (κ1) is 53.8. The number of hydrogen-bond donors (Lipinski definition) is 3. The van der Waals surface area contributed by atoms with Gasteiger partial charge < -0.3 is 20.3 Å². The SMILES string of the molecule is CCCCCC/C=C\C/C=C\CCCCCCCC(=O)OCCCCCCCC/C=C\CCCCCC(=O)NC(CO)C(O)/C=C/CCCCCCCCCC. The average Bonchev–Trinajstić information content (AvgIpc) is 3.20. The molecule has 3 N–H and O–H groups in total. The average molecular weight is 786 g/mol. The van der Waals surface area contributed by atoms with Gasteiger partial charge in [-0.2, -0.15) is 0 Å². The van der Waals surface area contributed by atoms with E-state index in [1.165, 1.54) is 122 Å². The van der Waals surface area contributed by atoms with Crippen LogP contribution >= 0.6 is 0 Å². The summed E-state index contributed by atoms with van der Waals surface area (Å²) in [5.74, 6) is -0.132. The molecule has 0 saturated carbocycles. The van der Waals surface area contributed by atoms with Gasteiger partial charge in [0.1, 0.15) is 0 Å². The maximum absolute atomic E-state index is 12.3. The van der Waals surface area contributed by atoms with Crippen molar-refractivity contribution in [2.45, 2.75) is 244 Å². The number of allylic oxidation sites excluding steroid dienone is 7. The Hall–Kier alpha value is -2.18. The molecule has 0 aromatic rings. The number of carbonyl (C=O) groups excluding carboxylic acids is 2. The normalized spacial score (nSPS) is 13.1. The molecule has 0 spiro atoms. The summed E-state index contributed by atoms with van der Waals surface area (Å²) in [4.78, 5) is 24.4. The molecule has 0 aliphatic rings. The summed E-state index contributed by atoms with van der Waals surface area (Å²) in [6, 6.07) is -0.647. The van der Waals surface area contributed by atoms with Crippen molar-refractivity contribution >= 4 is 11.9 Å². The Balaban J connectivity index is 3.53.